The average Bonchev–Trinajstić information content (AvgIpc) is 2.86. The Kier molecular flexibility index (Phi) is 4.61. The number of carbonyl (C=O) groups excluding carboxylic acids is 1. The molecule has 1 aromatic carbocycles. The van der Waals surface area contributed by atoms with E-state index in [1.807, 2.05) is 6.08 Å². The van der Waals surface area contributed by atoms with Crippen LogP contribution in [0.15, 0.2) is 36.9 Å². The first kappa shape index (κ1) is 14.1. The molecule has 2 rings (SSSR count). The molecule has 102 valence electrons. The fraction of sp³-hybridized carbons (Fsp3) is 0.400. The normalized spacial score (nSPS) is 17.1. The van der Waals surface area contributed by atoms with Gasteiger partial charge in [0.25, 0.3) is 5.91 Å². The van der Waals surface area contributed by atoms with E-state index in [1.165, 1.54) is 12.8 Å². The maximum Gasteiger partial charge on any atom is 0.265 e. The molecule has 0 aliphatic heterocycles. The molecule has 1 amide bonds. The molecule has 2 N–H and O–H groups in total. The van der Waals surface area contributed by atoms with E-state index >= 15 is 0 Å². The van der Waals surface area contributed by atoms with Crippen LogP contribution in [0, 0.1) is 0 Å². The molecule has 0 saturated heterocycles. The van der Waals surface area contributed by atoms with Gasteiger partial charge in [-0.3, -0.25) is 10.2 Å². The van der Waals surface area contributed by atoms with Gasteiger partial charge in [-0.1, -0.05) is 30.5 Å². The maximum atomic E-state index is 12.0. The van der Waals surface area contributed by atoms with E-state index in [1.54, 1.807) is 24.3 Å². The van der Waals surface area contributed by atoms with Crippen molar-refractivity contribution in [2.75, 3.05) is 0 Å². The maximum absolute atomic E-state index is 12.0. The first-order chi connectivity index (χ1) is 9.15. The van der Waals surface area contributed by atoms with E-state index in [9.17, 15) is 4.79 Å². The van der Waals surface area contributed by atoms with Gasteiger partial charge in [-0.15, -0.1) is 6.58 Å². The van der Waals surface area contributed by atoms with Gasteiger partial charge in [0.1, 0.15) is 0 Å². The molecular weight excluding hydrogens is 260 g/mol. The van der Waals surface area contributed by atoms with Crippen LogP contribution in [0.25, 0.3) is 0 Å². The first-order valence-corrected chi connectivity index (χ1v) is 6.97. The lowest BCUT2D eigenvalue weighted by atomic mass is 9.94. The van der Waals surface area contributed by atoms with E-state index in [4.69, 9.17) is 11.6 Å². The number of hydrogen-bond acceptors (Lipinski definition) is 2. The van der Waals surface area contributed by atoms with Crippen molar-refractivity contribution in [3.63, 3.8) is 0 Å². The van der Waals surface area contributed by atoms with Gasteiger partial charge in [-0.25, -0.2) is 5.43 Å². The first-order valence-electron chi connectivity index (χ1n) is 6.59. The zero-order valence-corrected chi connectivity index (χ0v) is 11.7. The van der Waals surface area contributed by atoms with Gasteiger partial charge in [0, 0.05) is 16.1 Å². The Hall–Kier alpha value is -1.32. The standard InChI is InChI=1S/C15H19ClN2O/c1-2-9-15(10-3-4-11-15)18-17-14(19)12-5-7-13(16)8-6-12/h2,5-8,18H,1,3-4,9-11H2,(H,17,19). The Bertz CT molecular complexity index is 450. The summed E-state index contributed by atoms with van der Waals surface area (Å²) in [4.78, 5) is 12.0. The molecule has 1 aliphatic carbocycles. The van der Waals surface area contributed by atoms with Crippen molar-refractivity contribution >= 4 is 17.5 Å². The molecule has 0 aromatic heterocycles. The molecule has 1 aliphatic rings. The topological polar surface area (TPSA) is 41.1 Å². The highest BCUT2D eigenvalue weighted by Gasteiger charge is 2.32. The predicted octanol–water partition coefficient (Wildman–Crippen LogP) is 3.46. The second-order valence-electron chi connectivity index (χ2n) is 5.07. The number of hydrazine groups is 1. The molecular formula is C15H19ClN2O. The molecule has 0 atom stereocenters. The van der Waals surface area contributed by atoms with Crippen LogP contribution < -0.4 is 10.9 Å². The monoisotopic (exact) mass is 278 g/mol. The van der Waals surface area contributed by atoms with Crippen LogP contribution in [-0.2, 0) is 0 Å². The number of amides is 1. The summed E-state index contributed by atoms with van der Waals surface area (Å²) in [5.41, 5.74) is 6.59. The van der Waals surface area contributed by atoms with Crippen molar-refractivity contribution in [1.82, 2.24) is 10.9 Å². The van der Waals surface area contributed by atoms with Gasteiger partial charge in [-0.2, -0.15) is 0 Å². The van der Waals surface area contributed by atoms with Crippen molar-refractivity contribution < 1.29 is 4.79 Å². The largest absolute Gasteiger partial charge is 0.287 e. The molecule has 0 spiro atoms. The van der Waals surface area contributed by atoms with Crippen molar-refractivity contribution in [3.05, 3.63) is 47.5 Å². The molecule has 19 heavy (non-hydrogen) atoms. The molecule has 0 unspecified atom stereocenters. The number of halogens is 1. The van der Waals surface area contributed by atoms with Gasteiger partial charge in [-0.05, 0) is 43.5 Å². The fourth-order valence-electron chi connectivity index (χ4n) is 2.57. The lowest BCUT2D eigenvalue weighted by Crippen LogP contribution is -2.52. The van der Waals surface area contributed by atoms with Crippen LogP contribution in [0.2, 0.25) is 5.02 Å². The average molecular weight is 279 g/mol. The van der Waals surface area contributed by atoms with Crippen LogP contribution in [-0.4, -0.2) is 11.4 Å². The van der Waals surface area contributed by atoms with Crippen molar-refractivity contribution in [2.45, 2.75) is 37.6 Å². The SMILES string of the molecule is C=CCC1(NNC(=O)c2ccc(Cl)cc2)CCCC1. The summed E-state index contributed by atoms with van der Waals surface area (Å²) in [6, 6.07) is 6.86. The molecule has 4 heteroatoms. The highest BCUT2D eigenvalue weighted by atomic mass is 35.5. The van der Waals surface area contributed by atoms with Crippen LogP contribution in [0.3, 0.4) is 0 Å². The zero-order valence-electron chi connectivity index (χ0n) is 10.9. The van der Waals surface area contributed by atoms with Gasteiger partial charge >= 0.3 is 0 Å². The zero-order chi connectivity index (χ0) is 13.7. The third-order valence-electron chi connectivity index (χ3n) is 3.64. The third-order valence-corrected chi connectivity index (χ3v) is 3.90. The Balaban J connectivity index is 1.95. The minimum absolute atomic E-state index is 0.0240. The van der Waals surface area contributed by atoms with Crippen molar-refractivity contribution in [2.24, 2.45) is 0 Å². The second-order valence-corrected chi connectivity index (χ2v) is 5.50. The molecule has 1 saturated carbocycles. The molecule has 0 radical (unpaired) electrons. The summed E-state index contributed by atoms with van der Waals surface area (Å²) in [5.74, 6) is -0.132. The van der Waals surface area contributed by atoms with E-state index < -0.39 is 0 Å². The van der Waals surface area contributed by atoms with E-state index in [-0.39, 0.29) is 11.4 Å². The lowest BCUT2D eigenvalue weighted by molar-refractivity contribution is 0.0904. The lowest BCUT2D eigenvalue weighted by Gasteiger charge is -2.29. The summed E-state index contributed by atoms with van der Waals surface area (Å²) >= 11 is 5.80. The third kappa shape index (κ3) is 3.58. The molecule has 3 nitrogen and oxygen atoms in total. The fourth-order valence-corrected chi connectivity index (χ4v) is 2.70. The molecule has 1 aromatic rings. The summed E-state index contributed by atoms with van der Waals surface area (Å²) in [5, 5.41) is 0.628. The minimum Gasteiger partial charge on any atom is -0.287 e. The summed E-state index contributed by atoms with van der Waals surface area (Å²) in [6.07, 6.45) is 7.30. The molecule has 1 fully saturated rings. The highest BCUT2D eigenvalue weighted by molar-refractivity contribution is 6.30. The molecule has 0 heterocycles. The van der Waals surface area contributed by atoms with Gasteiger partial charge in [0.2, 0.25) is 0 Å². The van der Waals surface area contributed by atoms with Gasteiger partial charge < -0.3 is 0 Å². The highest BCUT2D eigenvalue weighted by Crippen LogP contribution is 2.32. The smallest absolute Gasteiger partial charge is 0.265 e. The van der Waals surface area contributed by atoms with Crippen LogP contribution >= 0.6 is 11.6 Å². The summed E-state index contributed by atoms with van der Waals surface area (Å²) in [6.45, 7) is 3.80. The Morgan fingerprint density at radius 3 is 2.53 bits per heavy atom. The van der Waals surface area contributed by atoms with E-state index in [0.29, 0.717) is 10.6 Å². The number of carbonyl (C=O) groups is 1. The predicted molar refractivity (Wildman–Crippen MR) is 78.1 cm³/mol. The Morgan fingerprint density at radius 2 is 1.95 bits per heavy atom. The van der Waals surface area contributed by atoms with Gasteiger partial charge in [0.05, 0.1) is 0 Å². The van der Waals surface area contributed by atoms with Crippen LogP contribution in [0.5, 0.6) is 0 Å². The Morgan fingerprint density at radius 1 is 1.32 bits per heavy atom. The summed E-state index contributed by atoms with van der Waals surface area (Å²) < 4.78 is 0. The number of nitrogens with one attached hydrogen (secondary N) is 2. The van der Waals surface area contributed by atoms with E-state index in [2.05, 4.69) is 17.4 Å². The van der Waals surface area contributed by atoms with Crippen molar-refractivity contribution in [3.8, 4) is 0 Å². The summed E-state index contributed by atoms with van der Waals surface area (Å²) in [7, 11) is 0. The molecule has 0 bridgehead atoms. The minimum atomic E-state index is -0.132. The second kappa shape index (κ2) is 6.22. The van der Waals surface area contributed by atoms with Crippen molar-refractivity contribution in [1.29, 1.82) is 0 Å². The van der Waals surface area contributed by atoms with Crippen LogP contribution in [0.1, 0.15) is 42.5 Å². The number of benzene rings is 1. The van der Waals surface area contributed by atoms with E-state index in [0.717, 1.165) is 19.3 Å². The van der Waals surface area contributed by atoms with Crippen LogP contribution in [0.4, 0.5) is 0 Å². The number of hydrogen-bond donors (Lipinski definition) is 2. The Labute approximate surface area is 119 Å². The number of rotatable bonds is 5. The quantitative estimate of drug-likeness (QED) is 0.640. The van der Waals surface area contributed by atoms with Gasteiger partial charge in [0.15, 0.2) is 0 Å².